The Morgan fingerprint density at radius 2 is 2.06 bits per heavy atom. The summed E-state index contributed by atoms with van der Waals surface area (Å²) in [6.45, 7) is 4.85. The number of aromatic amines is 1. The maximum atomic E-state index is 12.2. The highest BCUT2D eigenvalue weighted by molar-refractivity contribution is 7.71. The number of tetrazole rings is 1. The monoisotopic (exact) mass is 271 g/mol. The van der Waals surface area contributed by atoms with Gasteiger partial charge in [-0.2, -0.15) is 5.21 Å². The second-order valence-corrected chi connectivity index (χ2v) is 4.59. The highest BCUT2D eigenvalue weighted by Crippen LogP contribution is 2.04. The molecule has 0 aliphatic rings. The van der Waals surface area contributed by atoms with Gasteiger partial charge in [0.2, 0.25) is 5.91 Å². The molecule has 1 aromatic rings. The summed E-state index contributed by atoms with van der Waals surface area (Å²) in [4.78, 5) is 13.6. The average Bonchev–Trinajstić information content (AvgIpc) is 2.77. The van der Waals surface area contributed by atoms with Gasteiger partial charge >= 0.3 is 0 Å². The molecule has 0 aliphatic carbocycles. The van der Waals surface area contributed by atoms with Crippen molar-refractivity contribution in [3.05, 3.63) is 4.77 Å². The average molecular weight is 271 g/mol. The summed E-state index contributed by atoms with van der Waals surface area (Å²) in [5.41, 5.74) is 0. The van der Waals surface area contributed by atoms with E-state index in [2.05, 4.69) is 29.4 Å². The summed E-state index contributed by atoms with van der Waals surface area (Å²) in [5, 5.41) is 11.6. The van der Waals surface area contributed by atoms with E-state index in [1.54, 1.807) is 5.01 Å². The third kappa shape index (κ3) is 4.21. The third-order valence-electron chi connectivity index (χ3n) is 2.70. The molecular weight excluding hydrogens is 250 g/mol. The number of hydrogen-bond acceptors (Lipinski definition) is 4. The summed E-state index contributed by atoms with van der Waals surface area (Å²) in [7, 11) is 0. The lowest BCUT2D eigenvalue weighted by atomic mass is 10.2. The van der Waals surface area contributed by atoms with E-state index in [0.717, 1.165) is 32.1 Å². The van der Waals surface area contributed by atoms with Crippen LogP contribution in [-0.2, 0) is 4.79 Å². The number of unbranched alkanes of at least 4 members (excludes halogenated alkanes) is 3. The lowest BCUT2D eigenvalue weighted by Gasteiger charge is -2.21. The van der Waals surface area contributed by atoms with Crippen molar-refractivity contribution in [1.29, 1.82) is 0 Å². The van der Waals surface area contributed by atoms with Gasteiger partial charge in [-0.3, -0.25) is 4.79 Å². The molecule has 0 radical (unpaired) electrons. The molecule has 0 saturated heterocycles. The Kier molecular flexibility index (Phi) is 6.56. The molecule has 0 saturated carbocycles. The SMILES string of the molecule is CCCCCC(=O)N(CCCC)n1[nH]nnc1=S. The maximum absolute atomic E-state index is 12.2. The number of carbonyl (C=O) groups is 1. The first kappa shape index (κ1) is 14.8. The summed E-state index contributed by atoms with van der Waals surface area (Å²) < 4.78 is 0.287. The van der Waals surface area contributed by atoms with E-state index in [1.165, 1.54) is 4.79 Å². The fraction of sp³-hybridized carbons (Fsp3) is 0.818. The van der Waals surface area contributed by atoms with Gasteiger partial charge in [-0.15, -0.1) is 4.79 Å². The van der Waals surface area contributed by atoms with Crippen LogP contribution in [0.3, 0.4) is 0 Å². The highest BCUT2D eigenvalue weighted by atomic mass is 32.1. The van der Waals surface area contributed by atoms with E-state index in [-0.39, 0.29) is 10.7 Å². The van der Waals surface area contributed by atoms with Gasteiger partial charge in [0.05, 0.1) is 0 Å². The minimum atomic E-state index is 0.0686. The van der Waals surface area contributed by atoms with E-state index in [9.17, 15) is 4.79 Å². The molecule has 0 unspecified atom stereocenters. The van der Waals surface area contributed by atoms with Crippen molar-refractivity contribution in [1.82, 2.24) is 20.3 Å². The van der Waals surface area contributed by atoms with E-state index in [4.69, 9.17) is 12.2 Å². The van der Waals surface area contributed by atoms with Crippen molar-refractivity contribution >= 4 is 18.1 Å². The molecule has 1 aromatic heterocycles. The predicted molar refractivity (Wildman–Crippen MR) is 72.3 cm³/mol. The molecule has 1 N–H and O–H groups in total. The van der Waals surface area contributed by atoms with E-state index in [1.807, 2.05) is 0 Å². The number of rotatable bonds is 8. The van der Waals surface area contributed by atoms with E-state index in [0.29, 0.717) is 13.0 Å². The Morgan fingerprint density at radius 1 is 1.33 bits per heavy atom. The van der Waals surface area contributed by atoms with Gasteiger partial charge in [0.15, 0.2) is 0 Å². The van der Waals surface area contributed by atoms with Crippen molar-refractivity contribution in [3.63, 3.8) is 0 Å². The Labute approximate surface area is 112 Å². The molecule has 0 fully saturated rings. The normalized spacial score (nSPS) is 10.6. The number of H-pyrrole nitrogens is 1. The lowest BCUT2D eigenvalue weighted by molar-refractivity contribution is -0.120. The van der Waals surface area contributed by atoms with Crippen molar-refractivity contribution in [3.8, 4) is 0 Å². The smallest absolute Gasteiger partial charge is 0.258 e. The zero-order valence-electron chi connectivity index (χ0n) is 11.1. The number of nitrogens with one attached hydrogen (secondary N) is 1. The minimum absolute atomic E-state index is 0.0686. The third-order valence-corrected chi connectivity index (χ3v) is 2.96. The standard InChI is InChI=1S/C11H21N5OS/c1-3-5-7-8-10(17)15(9-6-4-2)16-11(18)12-13-14-16/h3-9H2,1-2H3,(H,12,14,18). The molecule has 6 nitrogen and oxygen atoms in total. The van der Waals surface area contributed by atoms with Crippen LogP contribution < -0.4 is 5.01 Å². The second kappa shape index (κ2) is 7.97. The van der Waals surface area contributed by atoms with E-state index < -0.39 is 0 Å². The van der Waals surface area contributed by atoms with Crippen LogP contribution in [-0.4, -0.2) is 32.8 Å². The first-order valence-corrected chi connectivity index (χ1v) is 6.92. The number of hydrogen-bond donors (Lipinski definition) is 1. The van der Waals surface area contributed by atoms with Crippen LogP contribution in [0.5, 0.6) is 0 Å². The van der Waals surface area contributed by atoms with E-state index >= 15 is 0 Å². The Balaban J connectivity index is 2.69. The summed E-state index contributed by atoms with van der Waals surface area (Å²) in [6.07, 6.45) is 5.58. The fourth-order valence-corrected chi connectivity index (χ4v) is 1.83. The second-order valence-electron chi connectivity index (χ2n) is 4.22. The largest absolute Gasteiger partial charge is 0.273 e. The summed E-state index contributed by atoms with van der Waals surface area (Å²) in [6, 6.07) is 0. The van der Waals surface area contributed by atoms with Crippen LogP contribution in [0, 0.1) is 4.77 Å². The van der Waals surface area contributed by atoms with Crippen LogP contribution in [0.4, 0.5) is 0 Å². The van der Waals surface area contributed by atoms with Gasteiger partial charge in [0, 0.05) is 13.0 Å². The van der Waals surface area contributed by atoms with Crippen LogP contribution in [0.1, 0.15) is 52.4 Å². The Bertz CT molecular complexity index is 414. The van der Waals surface area contributed by atoms with Crippen LogP contribution in [0.15, 0.2) is 0 Å². The number of nitrogens with zero attached hydrogens (tertiary/aromatic N) is 4. The van der Waals surface area contributed by atoms with Gasteiger partial charge < -0.3 is 0 Å². The first-order valence-electron chi connectivity index (χ1n) is 6.51. The van der Waals surface area contributed by atoms with Gasteiger partial charge in [0.25, 0.3) is 4.77 Å². The zero-order chi connectivity index (χ0) is 13.4. The van der Waals surface area contributed by atoms with Crippen molar-refractivity contribution in [2.24, 2.45) is 0 Å². The van der Waals surface area contributed by atoms with Crippen molar-refractivity contribution in [2.75, 3.05) is 11.6 Å². The van der Waals surface area contributed by atoms with Crippen LogP contribution >= 0.6 is 12.2 Å². The fourth-order valence-electron chi connectivity index (χ4n) is 1.65. The van der Waals surface area contributed by atoms with Crippen LogP contribution in [0.2, 0.25) is 0 Å². The summed E-state index contributed by atoms with van der Waals surface area (Å²) >= 11 is 5.03. The first-order chi connectivity index (χ1) is 8.70. The molecule has 1 amide bonds. The Morgan fingerprint density at radius 3 is 2.61 bits per heavy atom. The Hall–Kier alpha value is -1.24. The quantitative estimate of drug-likeness (QED) is 0.581. The van der Waals surface area contributed by atoms with Gasteiger partial charge in [-0.05, 0) is 30.3 Å². The molecule has 0 bridgehead atoms. The number of amides is 1. The molecule has 1 heterocycles. The summed E-state index contributed by atoms with van der Waals surface area (Å²) in [5.74, 6) is 0.0686. The highest BCUT2D eigenvalue weighted by Gasteiger charge is 2.16. The van der Waals surface area contributed by atoms with Crippen LogP contribution in [0.25, 0.3) is 0 Å². The minimum Gasteiger partial charge on any atom is -0.273 e. The van der Waals surface area contributed by atoms with Crippen molar-refractivity contribution < 1.29 is 4.79 Å². The number of carbonyl (C=O) groups excluding carboxylic acids is 1. The molecule has 18 heavy (non-hydrogen) atoms. The molecule has 0 atom stereocenters. The van der Waals surface area contributed by atoms with Gasteiger partial charge in [-0.1, -0.05) is 38.2 Å². The molecule has 102 valence electrons. The zero-order valence-corrected chi connectivity index (χ0v) is 11.9. The topological polar surface area (TPSA) is 66.8 Å². The predicted octanol–water partition coefficient (Wildman–Crippen LogP) is 2.18. The van der Waals surface area contributed by atoms with Gasteiger partial charge in [-0.25, -0.2) is 5.01 Å². The molecule has 0 aromatic carbocycles. The molecule has 1 rings (SSSR count). The lowest BCUT2D eigenvalue weighted by Crippen LogP contribution is -2.42. The molecular formula is C11H21N5OS. The molecule has 0 aliphatic heterocycles. The maximum Gasteiger partial charge on any atom is 0.258 e. The van der Waals surface area contributed by atoms with Gasteiger partial charge in [0.1, 0.15) is 0 Å². The van der Waals surface area contributed by atoms with Crippen molar-refractivity contribution in [2.45, 2.75) is 52.4 Å². The molecule has 0 spiro atoms. The molecule has 7 heteroatoms. The number of aromatic nitrogens is 4.